The second-order valence-electron chi connectivity index (χ2n) is 16.6. The van der Waals surface area contributed by atoms with E-state index in [1.807, 2.05) is 6.07 Å². The lowest BCUT2D eigenvalue weighted by Gasteiger charge is -2.32. The van der Waals surface area contributed by atoms with E-state index in [0.717, 1.165) is 65.6 Å². The highest BCUT2D eigenvalue weighted by Crippen LogP contribution is 2.36. The van der Waals surface area contributed by atoms with Crippen LogP contribution in [-0.4, -0.2) is 93.4 Å². The first-order chi connectivity index (χ1) is 36.5. The summed E-state index contributed by atoms with van der Waals surface area (Å²) in [4.78, 5) is 71.6. The van der Waals surface area contributed by atoms with Crippen molar-refractivity contribution in [3.8, 4) is 23.0 Å². The second kappa shape index (κ2) is 25.1. The molecule has 8 aromatic rings. The maximum Gasteiger partial charge on any atom is 0.262 e. The number of hydrogen-bond acceptors (Lipinski definition) is 16. The molecule has 2 fully saturated rings. The van der Waals surface area contributed by atoms with Crippen LogP contribution in [0, 0.1) is 13.1 Å². The van der Waals surface area contributed by atoms with Gasteiger partial charge in [-0.3, -0.25) is 40.0 Å². The zero-order valence-corrected chi connectivity index (χ0v) is 42.2. The van der Waals surface area contributed by atoms with Crippen LogP contribution >= 0.6 is 34.3 Å². The number of ether oxygens (including phenoxy) is 2. The number of carbonyl (C=O) groups excluding carboxylic acids is 4. The van der Waals surface area contributed by atoms with Gasteiger partial charge in [0.1, 0.15) is 33.8 Å². The number of rotatable bonds is 14. The normalized spacial score (nSPS) is 14.1. The maximum absolute atomic E-state index is 12.5. The van der Waals surface area contributed by atoms with Crippen LogP contribution in [0.3, 0.4) is 0 Å². The second-order valence-corrected chi connectivity index (χ2v) is 19.0. The molecular weight excluding hydrogens is 1020 g/mol. The number of H-pyrrole nitrogens is 2. The van der Waals surface area contributed by atoms with Gasteiger partial charge in [-0.25, -0.2) is 29.6 Å². The molecule has 3 amide bonds. The molecule has 0 radical (unpaired) electrons. The summed E-state index contributed by atoms with van der Waals surface area (Å²) < 4.78 is 12.3. The lowest BCUT2D eigenvalue weighted by Crippen LogP contribution is -2.44. The Labute approximate surface area is 442 Å². The molecular formula is C51H46ClN15O6S2. The third kappa shape index (κ3) is 13.7. The van der Waals surface area contributed by atoms with Crippen molar-refractivity contribution in [3.05, 3.63) is 145 Å². The lowest BCUT2D eigenvalue weighted by atomic mass is 9.95. The van der Waals surface area contributed by atoms with Crippen molar-refractivity contribution >= 4 is 111 Å². The quantitative estimate of drug-likeness (QED) is 0.0336. The van der Waals surface area contributed by atoms with Crippen molar-refractivity contribution in [1.29, 1.82) is 0 Å². The van der Waals surface area contributed by atoms with Gasteiger partial charge in [-0.1, -0.05) is 32.4 Å². The van der Waals surface area contributed by atoms with Crippen LogP contribution in [-0.2, 0) is 9.59 Å². The molecule has 0 spiro atoms. The molecule has 1 saturated carbocycles. The largest absolute Gasteiger partial charge is 0.456 e. The van der Waals surface area contributed by atoms with Crippen LogP contribution in [0.2, 0.25) is 0 Å². The number of pyridine rings is 2. The fourth-order valence-electron chi connectivity index (χ4n) is 7.97. The van der Waals surface area contributed by atoms with Crippen molar-refractivity contribution in [1.82, 2.24) is 45.2 Å². The first-order valence-electron chi connectivity index (χ1n) is 23.3. The van der Waals surface area contributed by atoms with Gasteiger partial charge in [0.05, 0.1) is 13.1 Å². The van der Waals surface area contributed by atoms with Gasteiger partial charge >= 0.3 is 0 Å². The maximum atomic E-state index is 12.5. The van der Waals surface area contributed by atoms with E-state index in [9.17, 15) is 19.2 Å². The minimum Gasteiger partial charge on any atom is -0.456 e. The molecule has 0 bridgehead atoms. The van der Waals surface area contributed by atoms with Crippen LogP contribution in [0.4, 0.5) is 31.9 Å². The highest BCUT2D eigenvalue weighted by molar-refractivity contribution is 7.20. The Hall–Kier alpha value is -9.03. The standard InChI is InChI=1S/C25H22N8O3S.C23H21N7O2S.C3H3ClO/c1-3-20(34)33-12-4-5-16(14-33)29-23-21-18(10-11-27-22(21)31-32-23)36-17-8-6-15(7-9-17)24(35)30-25-28-13-19(26-2)37-25;1-24-18-13-26-23(33-18)28-22(31)14-7-9-16(10-8-14)32-17-11-12-25-20-19(17)21(30-29-20)27-15-5-3-2-4-6-15;1-2-3(4)5/h3,6-11,13,16H,1,4-5,12,14H2,(H,28,30,35)(H2,27,29,31,32);7-13,15H,2-6H2,(H,26,28,31)(H2,25,27,29,30);2H,1H2/t16-;;/m1../s1. The molecule has 7 heterocycles. The molecule has 1 saturated heterocycles. The molecule has 6 N–H and O–H groups in total. The Morgan fingerprint density at radius 2 is 1.13 bits per heavy atom. The topological polar surface area (TPSA) is 256 Å². The third-order valence-electron chi connectivity index (χ3n) is 11.5. The number of nitrogens with one attached hydrogen (secondary N) is 6. The zero-order chi connectivity index (χ0) is 52.7. The predicted molar refractivity (Wildman–Crippen MR) is 288 cm³/mol. The number of thiazole rings is 2. The number of aromatic nitrogens is 8. The summed E-state index contributed by atoms with van der Waals surface area (Å²) in [5.41, 5.74) is 2.11. The molecule has 10 rings (SSSR count). The number of anilines is 4. The van der Waals surface area contributed by atoms with Gasteiger partial charge < -0.3 is 25.0 Å². The Morgan fingerprint density at radius 3 is 1.57 bits per heavy atom. The lowest BCUT2D eigenvalue weighted by molar-refractivity contribution is -0.127. The molecule has 0 unspecified atom stereocenters. The van der Waals surface area contributed by atoms with Crippen molar-refractivity contribution in [3.63, 3.8) is 0 Å². The monoisotopic (exact) mass is 1060 g/mol. The van der Waals surface area contributed by atoms with Gasteiger partial charge in [-0.2, -0.15) is 10.2 Å². The van der Waals surface area contributed by atoms with Gasteiger partial charge in [0, 0.05) is 73.2 Å². The molecule has 24 heteroatoms. The van der Waals surface area contributed by atoms with E-state index in [1.165, 1.54) is 37.7 Å². The summed E-state index contributed by atoms with van der Waals surface area (Å²) in [6, 6.07) is 17.5. The fourth-order valence-corrected chi connectivity index (χ4v) is 9.17. The number of halogens is 1. The van der Waals surface area contributed by atoms with Crippen molar-refractivity contribution in [2.24, 2.45) is 0 Å². The Morgan fingerprint density at radius 1 is 0.667 bits per heavy atom. The zero-order valence-electron chi connectivity index (χ0n) is 39.8. The van der Waals surface area contributed by atoms with Crippen LogP contribution in [0.25, 0.3) is 31.8 Å². The number of carbonyl (C=O) groups is 4. The summed E-state index contributed by atoms with van der Waals surface area (Å²) in [5.74, 6) is 2.93. The van der Waals surface area contributed by atoms with Crippen molar-refractivity contribution in [2.75, 3.05) is 34.4 Å². The van der Waals surface area contributed by atoms with Gasteiger partial charge in [0.15, 0.2) is 33.2 Å². The average Bonchev–Trinajstić information content (AvgIpc) is 4.28. The molecule has 1 aliphatic heterocycles. The van der Waals surface area contributed by atoms with Gasteiger partial charge in [0.25, 0.3) is 21.8 Å². The SMILES string of the molecule is C=CC(=O)Cl.[C-]#[N+]c1cnc(NC(=O)c2ccc(Oc3ccnc4[nH]nc(NC5CCCCC5)c34)cc2)s1.[C-]#[N+]c1cnc(NC(=O)c2ccc(Oc3ccnc4[nH]nc(N[C@@H]5CCCN(C(=O)C=C)C5)c34)cc2)s1. The number of allylic oxidation sites excluding steroid dienone is 1. The van der Waals surface area contributed by atoms with Gasteiger partial charge in [0.2, 0.25) is 11.1 Å². The number of nitrogens with zero attached hydrogens (tertiary/aromatic N) is 9. The van der Waals surface area contributed by atoms with Crippen molar-refractivity contribution < 1.29 is 28.7 Å². The number of aromatic amines is 2. The summed E-state index contributed by atoms with van der Waals surface area (Å²) in [7, 11) is 0. The first-order valence-corrected chi connectivity index (χ1v) is 25.3. The predicted octanol–water partition coefficient (Wildman–Crippen LogP) is 11.3. The minimum atomic E-state index is -0.509. The van der Waals surface area contributed by atoms with E-state index in [-0.39, 0.29) is 23.8 Å². The van der Waals surface area contributed by atoms with Gasteiger partial charge in [-0.15, -0.1) is 22.7 Å². The summed E-state index contributed by atoms with van der Waals surface area (Å²) in [5, 5.41) is 29.7. The number of likely N-dealkylation sites (tertiary alicyclic amines) is 1. The van der Waals surface area contributed by atoms with E-state index < -0.39 is 5.24 Å². The Kier molecular flexibility index (Phi) is 17.5. The van der Waals surface area contributed by atoms with E-state index >= 15 is 0 Å². The van der Waals surface area contributed by atoms with Gasteiger partial charge in [-0.05, 0) is 98.0 Å². The number of amides is 3. The molecule has 2 aromatic carbocycles. The molecule has 380 valence electrons. The highest BCUT2D eigenvalue weighted by atomic mass is 35.5. The van der Waals surface area contributed by atoms with E-state index in [2.05, 4.69) is 84.4 Å². The van der Waals surface area contributed by atoms with E-state index in [1.54, 1.807) is 71.9 Å². The smallest absolute Gasteiger partial charge is 0.262 e. The molecule has 1 atom stereocenters. The van der Waals surface area contributed by atoms with Crippen LogP contribution < -0.4 is 30.7 Å². The minimum absolute atomic E-state index is 0.0266. The Balaban J connectivity index is 0.000000184. The molecule has 2 aliphatic rings. The summed E-state index contributed by atoms with van der Waals surface area (Å²) in [6.07, 6.45) is 16.3. The first kappa shape index (κ1) is 52.3. The molecule has 75 heavy (non-hydrogen) atoms. The molecule has 21 nitrogen and oxygen atoms in total. The average molecular weight is 1060 g/mol. The molecule has 1 aliphatic carbocycles. The summed E-state index contributed by atoms with van der Waals surface area (Å²) >= 11 is 6.95. The third-order valence-corrected chi connectivity index (χ3v) is 13.3. The van der Waals surface area contributed by atoms with E-state index in [4.69, 9.17) is 34.2 Å². The summed E-state index contributed by atoms with van der Waals surface area (Å²) in [6.45, 7) is 21.9. The number of piperidine rings is 1. The highest BCUT2D eigenvalue weighted by Gasteiger charge is 2.25. The number of hydrogen-bond donors (Lipinski definition) is 6. The van der Waals surface area contributed by atoms with Crippen LogP contribution in [0.5, 0.6) is 23.0 Å². The molecule has 6 aromatic heterocycles. The number of benzene rings is 2. The Bertz CT molecular complexity index is 3430. The van der Waals surface area contributed by atoms with Crippen molar-refractivity contribution in [2.45, 2.75) is 57.0 Å². The number of fused-ring (bicyclic) bond motifs is 2. The fraction of sp³-hybridized carbons (Fsp3) is 0.216. The van der Waals surface area contributed by atoms with E-state index in [0.29, 0.717) is 96.0 Å². The van der Waals surface area contributed by atoms with Crippen LogP contribution in [0.15, 0.2) is 111 Å². The van der Waals surface area contributed by atoms with Crippen LogP contribution in [0.1, 0.15) is 65.7 Å².